The van der Waals surface area contributed by atoms with Crippen LogP contribution in [-0.4, -0.2) is 31.2 Å². The lowest BCUT2D eigenvalue weighted by Gasteiger charge is -2.12. The molecule has 1 atom stereocenters. The molecule has 1 aromatic carbocycles. The fourth-order valence-electron chi connectivity index (χ4n) is 1.46. The van der Waals surface area contributed by atoms with Gasteiger partial charge in [-0.05, 0) is 17.7 Å². The van der Waals surface area contributed by atoms with E-state index in [4.69, 9.17) is 5.26 Å². The minimum absolute atomic E-state index is 0.0321. The monoisotopic (exact) mass is 247 g/mol. The van der Waals surface area contributed by atoms with Gasteiger partial charge in [0.25, 0.3) is 0 Å². The second-order valence-electron chi connectivity index (χ2n) is 3.88. The highest BCUT2D eigenvalue weighted by Crippen LogP contribution is 2.12. The number of amides is 1. The molecule has 0 heterocycles. The van der Waals surface area contributed by atoms with Gasteiger partial charge in [0.1, 0.15) is 0 Å². The van der Waals surface area contributed by atoms with E-state index in [0.717, 1.165) is 5.56 Å². The number of hydrogen-bond donors (Lipinski definition) is 3. The molecule has 0 saturated heterocycles. The summed E-state index contributed by atoms with van der Waals surface area (Å²) < 4.78 is 0. The van der Waals surface area contributed by atoms with Crippen molar-refractivity contribution in [3.8, 4) is 6.07 Å². The third-order valence-corrected chi connectivity index (χ3v) is 2.57. The van der Waals surface area contributed by atoms with Crippen LogP contribution in [0.4, 0.5) is 0 Å². The van der Waals surface area contributed by atoms with E-state index in [-0.39, 0.29) is 5.91 Å². The summed E-state index contributed by atoms with van der Waals surface area (Å²) in [6, 6.07) is 8.81. The zero-order valence-electron chi connectivity index (χ0n) is 10.3. The number of nitriles is 1. The molecular formula is C13H17N3O2. The van der Waals surface area contributed by atoms with Crippen molar-refractivity contribution in [1.29, 1.82) is 5.26 Å². The molecule has 0 spiro atoms. The number of carbonyl (C=O) groups excluding carboxylic acids is 1. The highest BCUT2D eigenvalue weighted by molar-refractivity contribution is 5.75. The van der Waals surface area contributed by atoms with Gasteiger partial charge >= 0.3 is 0 Å². The zero-order chi connectivity index (χ0) is 13.4. The normalized spacial score (nSPS) is 11.6. The van der Waals surface area contributed by atoms with Crippen LogP contribution >= 0.6 is 0 Å². The number of nitrogens with one attached hydrogen (secondary N) is 2. The average Bonchev–Trinajstić information content (AvgIpc) is 2.43. The molecule has 1 aromatic rings. The lowest BCUT2D eigenvalue weighted by atomic mass is 10.1. The van der Waals surface area contributed by atoms with E-state index in [0.29, 0.717) is 25.1 Å². The number of benzene rings is 1. The molecule has 3 N–H and O–H groups in total. The van der Waals surface area contributed by atoms with Crippen LogP contribution in [0.25, 0.3) is 0 Å². The first-order valence-corrected chi connectivity index (χ1v) is 5.76. The summed E-state index contributed by atoms with van der Waals surface area (Å²) in [5.41, 5.74) is 1.32. The molecule has 1 rings (SSSR count). The van der Waals surface area contributed by atoms with E-state index in [1.165, 1.54) is 0 Å². The third kappa shape index (κ3) is 4.53. The van der Waals surface area contributed by atoms with E-state index < -0.39 is 6.10 Å². The molecule has 5 nitrogen and oxygen atoms in total. The Morgan fingerprint density at radius 1 is 1.44 bits per heavy atom. The molecule has 0 saturated carbocycles. The number of aliphatic hydroxyl groups excluding tert-OH is 1. The summed E-state index contributed by atoms with van der Waals surface area (Å²) in [4.78, 5) is 11.0. The zero-order valence-corrected chi connectivity index (χ0v) is 10.3. The van der Waals surface area contributed by atoms with Gasteiger partial charge in [-0.15, -0.1) is 0 Å². The first-order chi connectivity index (χ1) is 8.67. The number of aliphatic hydroxyl groups is 1. The maximum atomic E-state index is 11.0. The molecule has 1 unspecified atom stereocenters. The molecule has 96 valence electrons. The molecule has 0 aliphatic heterocycles. The minimum atomic E-state index is -0.637. The predicted octanol–water partition coefficient (Wildman–Crippen LogP) is 0.317. The SMILES string of the molecule is CNC(=O)CCNCC(O)c1ccc(C#N)cc1. The van der Waals surface area contributed by atoms with Crippen LogP contribution in [-0.2, 0) is 4.79 Å². The summed E-state index contributed by atoms with van der Waals surface area (Å²) in [6.07, 6.45) is -0.251. The third-order valence-electron chi connectivity index (χ3n) is 2.57. The van der Waals surface area contributed by atoms with E-state index in [9.17, 15) is 9.90 Å². The summed E-state index contributed by atoms with van der Waals surface area (Å²) in [6.45, 7) is 0.899. The maximum absolute atomic E-state index is 11.0. The van der Waals surface area contributed by atoms with Crippen LogP contribution in [0.2, 0.25) is 0 Å². The van der Waals surface area contributed by atoms with E-state index in [2.05, 4.69) is 10.6 Å². The molecule has 0 fully saturated rings. The second-order valence-corrected chi connectivity index (χ2v) is 3.88. The molecule has 1 amide bonds. The van der Waals surface area contributed by atoms with Crippen LogP contribution in [0, 0.1) is 11.3 Å². The van der Waals surface area contributed by atoms with Crippen molar-refractivity contribution >= 4 is 5.91 Å². The van der Waals surface area contributed by atoms with Gasteiger partial charge in [-0.3, -0.25) is 4.79 Å². The van der Waals surface area contributed by atoms with Crippen molar-refractivity contribution in [3.05, 3.63) is 35.4 Å². The van der Waals surface area contributed by atoms with Gasteiger partial charge in [0, 0.05) is 26.6 Å². The predicted molar refractivity (Wildman–Crippen MR) is 67.7 cm³/mol. The Hall–Kier alpha value is -1.90. The topological polar surface area (TPSA) is 85.2 Å². The van der Waals surface area contributed by atoms with Crippen LogP contribution in [0.3, 0.4) is 0 Å². The Bertz CT molecular complexity index is 423. The highest BCUT2D eigenvalue weighted by atomic mass is 16.3. The average molecular weight is 247 g/mol. The Morgan fingerprint density at radius 3 is 2.67 bits per heavy atom. The van der Waals surface area contributed by atoms with Crippen LogP contribution in [0.5, 0.6) is 0 Å². The molecule has 0 aromatic heterocycles. The lowest BCUT2D eigenvalue weighted by molar-refractivity contribution is -0.120. The van der Waals surface area contributed by atoms with Gasteiger partial charge in [-0.2, -0.15) is 5.26 Å². The molecule has 0 bridgehead atoms. The Morgan fingerprint density at radius 2 is 2.11 bits per heavy atom. The molecule has 0 radical (unpaired) electrons. The van der Waals surface area contributed by atoms with Gasteiger partial charge in [-0.25, -0.2) is 0 Å². The van der Waals surface area contributed by atoms with Crippen molar-refractivity contribution in [3.63, 3.8) is 0 Å². The Labute approximate surface area is 106 Å². The van der Waals surface area contributed by atoms with Crippen molar-refractivity contribution in [2.24, 2.45) is 0 Å². The first kappa shape index (κ1) is 14.2. The standard InChI is InChI=1S/C13H17N3O2/c1-15-13(18)6-7-16-9-12(17)11-4-2-10(8-14)3-5-11/h2-5,12,16-17H,6-7,9H2,1H3,(H,15,18). The van der Waals surface area contributed by atoms with Crippen molar-refractivity contribution in [1.82, 2.24) is 10.6 Å². The van der Waals surface area contributed by atoms with Crippen LogP contribution < -0.4 is 10.6 Å². The van der Waals surface area contributed by atoms with Crippen molar-refractivity contribution < 1.29 is 9.90 Å². The Balaban J connectivity index is 2.34. The van der Waals surface area contributed by atoms with E-state index >= 15 is 0 Å². The molecule has 0 aliphatic carbocycles. The number of nitrogens with zero attached hydrogens (tertiary/aromatic N) is 1. The first-order valence-electron chi connectivity index (χ1n) is 5.76. The van der Waals surface area contributed by atoms with Gasteiger partial charge in [0.15, 0.2) is 0 Å². The minimum Gasteiger partial charge on any atom is -0.387 e. The van der Waals surface area contributed by atoms with Crippen LogP contribution in [0.15, 0.2) is 24.3 Å². The molecular weight excluding hydrogens is 230 g/mol. The summed E-state index contributed by atoms with van der Waals surface area (Å²) >= 11 is 0. The number of carbonyl (C=O) groups is 1. The summed E-state index contributed by atoms with van der Waals surface area (Å²) in [5.74, 6) is -0.0321. The van der Waals surface area contributed by atoms with Crippen LogP contribution in [0.1, 0.15) is 23.7 Å². The van der Waals surface area contributed by atoms with Gasteiger partial charge in [0.05, 0.1) is 17.7 Å². The Kier molecular flexibility index (Phi) is 5.85. The van der Waals surface area contributed by atoms with Gasteiger partial charge in [0.2, 0.25) is 5.91 Å². The van der Waals surface area contributed by atoms with Crippen molar-refractivity contribution in [2.45, 2.75) is 12.5 Å². The largest absolute Gasteiger partial charge is 0.387 e. The fourth-order valence-corrected chi connectivity index (χ4v) is 1.46. The summed E-state index contributed by atoms with van der Waals surface area (Å²) in [5, 5.41) is 24.0. The van der Waals surface area contributed by atoms with E-state index in [1.54, 1.807) is 31.3 Å². The number of hydrogen-bond acceptors (Lipinski definition) is 4. The lowest BCUT2D eigenvalue weighted by Crippen LogP contribution is -2.27. The van der Waals surface area contributed by atoms with E-state index in [1.807, 2.05) is 6.07 Å². The maximum Gasteiger partial charge on any atom is 0.221 e. The smallest absolute Gasteiger partial charge is 0.221 e. The van der Waals surface area contributed by atoms with Gasteiger partial charge in [-0.1, -0.05) is 12.1 Å². The molecule has 5 heteroatoms. The highest BCUT2D eigenvalue weighted by Gasteiger charge is 2.07. The fraction of sp³-hybridized carbons (Fsp3) is 0.385. The number of rotatable bonds is 6. The second kappa shape index (κ2) is 7.43. The molecule has 0 aliphatic rings. The molecule has 18 heavy (non-hydrogen) atoms. The quantitative estimate of drug-likeness (QED) is 0.632. The van der Waals surface area contributed by atoms with Crippen molar-refractivity contribution in [2.75, 3.05) is 20.1 Å². The summed E-state index contributed by atoms with van der Waals surface area (Å²) in [7, 11) is 1.59. The van der Waals surface area contributed by atoms with Gasteiger partial charge < -0.3 is 15.7 Å².